The molecule has 0 aromatic carbocycles. The second-order valence-corrected chi connectivity index (χ2v) is 14.5. The molecule has 0 heterocycles. The lowest BCUT2D eigenvalue weighted by atomic mass is 10.0. The summed E-state index contributed by atoms with van der Waals surface area (Å²) in [4.78, 5) is 42.7. The molecule has 0 spiro atoms. The van der Waals surface area contributed by atoms with Crippen LogP contribution in [-0.4, -0.2) is 41.0 Å². The molecule has 0 amide bonds. The Bertz CT molecular complexity index is 782. The molecule has 0 fully saturated rings. The van der Waals surface area contributed by atoms with E-state index in [-0.39, 0.29) is 19.4 Å². The Hall–Kier alpha value is -1.21. The first-order valence-electron chi connectivity index (χ1n) is 19.5. The van der Waals surface area contributed by atoms with Crippen molar-refractivity contribution in [2.24, 2.45) is 0 Å². The molecule has 0 aromatic rings. The summed E-state index contributed by atoms with van der Waals surface area (Å²) in [5, 5.41) is 0. The van der Waals surface area contributed by atoms with E-state index < -0.39 is 32.5 Å². The van der Waals surface area contributed by atoms with Crippen LogP contribution in [-0.2, 0) is 28.2 Å². The van der Waals surface area contributed by atoms with E-state index in [1.54, 1.807) is 0 Å². The number of allylic oxidation sites excluding steroid dienone is 2. The molecule has 1 atom stereocenters. The van der Waals surface area contributed by atoms with Gasteiger partial charge in [0.05, 0.1) is 6.61 Å². The van der Waals surface area contributed by atoms with Crippen molar-refractivity contribution in [3.05, 3.63) is 12.2 Å². The van der Waals surface area contributed by atoms with E-state index in [1.165, 1.54) is 116 Å². The van der Waals surface area contributed by atoms with Gasteiger partial charge in [-0.2, -0.15) is 0 Å². The number of rotatable bonds is 36. The van der Waals surface area contributed by atoms with Gasteiger partial charge < -0.3 is 19.3 Å². The molecule has 0 saturated heterocycles. The number of hydrogen-bond acceptors (Lipinski definition) is 6. The lowest BCUT2D eigenvalue weighted by Crippen LogP contribution is -2.29. The third kappa shape index (κ3) is 37.5. The average molecular weight is 689 g/mol. The number of carbonyl (C=O) groups excluding carboxylic acids is 2. The molecule has 0 radical (unpaired) electrons. The highest BCUT2D eigenvalue weighted by molar-refractivity contribution is 7.46. The molecular formula is C38H73O8P. The Morgan fingerprint density at radius 3 is 1.32 bits per heavy atom. The van der Waals surface area contributed by atoms with Gasteiger partial charge in [0.25, 0.3) is 0 Å². The second-order valence-electron chi connectivity index (χ2n) is 13.3. The van der Waals surface area contributed by atoms with Crippen LogP contribution in [0.15, 0.2) is 12.2 Å². The lowest BCUT2D eigenvalue weighted by molar-refractivity contribution is -0.161. The maximum atomic E-state index is 12.4. The van der Waals surface area contributed by atoms with Gasteiger partial charge in [0.15, 0.2) is 6.10 Å². The molecule has 278 valence electrons. The second kappa shape index (κ2) is 34.6. The summed E-state index contributed by atoms with van der Waals surface area (Å²) in [6.45, 7) is 3.67. The Morgan fingerprint density at radius 2 is 0.894 bits per heavy atom. The molecule has 47 heavy (non-hydrogen) atoms. The van der Waals surface area contributed by atoms with Crippen LogP contribution < -0.4 is 0 Å². The topological polar surface area (TPSA) is 119 Å². The van der Waals surface area contributed by atoms with Crippen LogP contribution in [0.5, 0.6) is 0 Å². The third-order valence-corrected chi connectivity index (χ3v) is 9.02. The Kier molecular flexibility index (Phi) is 33.8. The highest BCUT2D eigenvalue weighted by atomic mass is 31.2. The summed E-state index contributed by atoms with van der Waals surface area (Å²) >= 11 is 0. The van der Waals surface area contributed by atoms with Gasteiger partial charge in [0, 0.05) is 12.8 Å². The predicted molar refractivity (Wildman–Crippen MR) is 193 cm³/mol. The van der Waals surface area contributed by atoms with Crippen molar-refractivity contribution in [2.45, 2.75) is 206 Å². The van der Waals surface area contributed by atoms with Gasteiger partial charge in [-0.25, -0.2) is 4.57 Å². The molecule has 0 aliphatic carbocycles. The number of esters is 2. The molecule has 0 rings (SSSR count). The highest BCUT2D eigenvalue weighted by Crippen LogP contribution is 2.36. The molecule has 0 bridgehead atoms. The fourth-order valence-corrected chi connectivity index (χ4v) is 5.96. The summed E-state index contributed by atoms with van der Waals surface area (Å²) in [5.74, 6) is -0.895. The van der Waals surface area contributed by atoms with Gasteiger partial charge in [-0.05, 0) is 38.5 Å². The van der Waals surface area contributed by atoms with E-state index in [2.05, 4.69) is 30.5 Å². The number of carbonyl (C=O) groups is 2. The predicted octanol–water partition coefficient (Wildman–Crippen LogP) is 11.5. The zero-order valence-electron chi connectivity index (χ0n) is 30.4. The minimum absolute atomic E-state index is 0.214. The smallest absolute Gasteiger partial charge is 0.462 e. The zero-order valence-corrected chi connectivity index (χ0v) is 31.3. The largest absolute Gasteiger partial charge is 0.469 e. The Balaban J connectivity index is 3.94. The maximum Gasteiger partial charge on any atom is 0.469 e. The van der Waals surface area contributed by atoms with E-state index in [4.69, 9.17) is 19.3 Å². The molecule has 0 saturated carbocycles. The highest BCUT2D eigenvalue weighted by Gasteiger charge is 2.22. The Labute approximate surface area is 288 Å². The van der Waals surface area contributed by atoms with Gasteiger partial charge in [-0.15, -0.1) is 0 Å². The van der Waals surface area contributed by atoms with Crippen LogP contribution in [0, 0.1) is 0 Å². The lowest BCUT2D eigenvalue weighted by Gasteiger charge is -2.18. The first-order chi connectivity index (χ1) is 22.8. The SMILES string of the molecule is CCCCCCCC/C=C/CCCCCC(=O)OC[C@H](COP(=O)(O)O)OC(=O)CCCCCCCCCCCCCCCCCC. The molecule has 9 heteroatoms. The normalized spacial score (nSPS) is 12.5. The van der Waals surface area contributed by atoms with E-state index in [1.807, 2.05) is 0 Å². The molecule has 0 aliphatic rings. The van der Waals surface area contributed by atoms with E-state index in [9.17, 15) is 14.2 Å². The first kappa shape index (κ1) is 45.8. The molecular weight excluding hydrogens is 615 g/mol. The number of ether oxygens (including phenoxy) is 2. The summed E-state index contributed by atoms with van der Waals surface area (Å²) in [6, 6.07) is 0. The van der Waals surface area contributed by atoms with Gasteiger partial charge in [0.2, 0.25) is 0 Å². The average Bonchev–Trinajstić information content (AvgIpc) is 3.03. The van der Waals surface area contributed by atoms with Crippen LogP contribution in [0.25, 0.3) is 0 Å². The molecule has 0 aromatic heterocycles. The quantitative estimate of drug-likeness (QED) is 0.0289. The summed E-state index contributed by atoms with van der Waals surface area (Å²) < 4.78 is 26.3. The Morgan fingerprint density at radius 1 is 0.532 bits per heavy atom. The first-order valence-corrected chi connectivity index (χ1v) is 21.0. The fourth-order valence-electron chi connectivity index (χ4n) is 5.60. The molecule has 2 N–H and O–H groups in total. The van der Waals surface area contributed by atoms with Crippen molar-refractivity contribution < 1.29 is 37.9 Å². The van der Waals surface area contributed by atoms with Gasteiger partial charge in [-0.1, -0.05) is 161 Å². The number of hydrogen-bond donors (Lipinski definition) is 2. The summed E-state index contributed by atoms with van der Waals surface area (Å²) in [7, 11) is -4.75. The van der Waals surface area contributed by atoms with Crippen LogP contribution in [0.2, 0.25) is 0 Å². The van der Waals surface area contributed by atoms with E-state index >= 15 is 0 Å². The van der Waals surface area contributed by atoms with Crippen LogP contribution in [0.1, 0.15) is 200 Å². The van der Waals surface area contributed by atoms with Crippen molar-refractivity contribution in [3.63, 3.8) is 0 Å². The van der Waals surface area contributed by atoms with Crippen molar-refractivity contribution in [1.82, 2.24) is 0 Å². The number of unbranched alkanes of at least 4 members (excludes halogenated alkanes) is 24. The monoisotopic (exact) mass is 689 g/mol. The summed E-state index contributed by atoms with van der Waals surface area (Å²) in [5.41, 5.74) is 0. The zero-order chi connectivity index (χ0) is 34.7. The van der Waals surface area contributed by atoms with Crippen molar-refractivity contribution in [2.75, 3.05) is 13.2 Å². The van der Waals surface area contributed by atoms with Crippen molar-refractivity contribution in [3.8, 4) is 0 Å². The van der Waals surface area contributed by atoms with Gasteiger partial charge in [0.1, 0.15) is 6.61 Å². The van der Waals surface area contributed by atoms with E-state index in [0.29, 0.717) is 12.8 Å². The van der Waals surface area contributed by atoms with Gasteiger partial charge >= 0.3 is 19.8 Å². The molecule has 0 unspecified atom stereocenters. The van der Waals surface area contributed by atoms with Crippen LogP contribution in [0.4, 0.5) is 0 Å². The minimum atomic E-state index is -4.75. The van der Waals surface area contributed by atoms with Crippen LogP contribution in [0.3, 0.4) is 0 Å². The van der Waals surface area contributed by atoms with E-state index in [0.717, 1.165) is 44.9 Å². The van der Waals surface area contributed by atoms with Crippen LogP contribution >= 0.6 is 7.82 Å². The standard InChI is InChI=1S/C38H73O8P/c1-3-5-7-9-11-13-15-17-18-19-21-23-25-27-29-31-33-38(40)46-36(35-45-47(41,42)43)34-44-37(39)32-30-28-26-24-22-20-16-14-12-10-8-6-4-2/h20,22,36H,3-19,21,23-35H2,1-2H3,(H2,41,42,43)/b22-20+/t36-/m1/s1. The molecule has 8 nitrogen and oxygen atoms in total. The fraction of sp³-hybridized carbons (Fsp3) is 0.895. The third-order valence-electron chi connectivity index (χ3n) is 8.53. The maximum absolute atomic E-state index is 12.4. The summed E-state index contributed by atoms with van der Waals surface area (Å²) in [6.07, 6.45) is 36.5. The minimum Gasteiger partial charge on any atom is -0.462 e. The number of phosphoric ester groups is 1. The van der Waals surface area contributed by atoms with Crippen molar-refractivity contribution >= 4 is 19.8 Å². The van der Waals surface area contributed by atoms with Crippen molar-refractivity contribution in [1.29, 1.82) is 0 Å². The number of phosphoric acid groups is 1. The van der Waals surface area contributed by atoms with Gasteiger partial charge in [-0.3, -0.25) is 14.1 Å². The molecule has 0 aliphatic heterocycles.